The predicted molar refractivity (Wildman–Crippen MR) is 87.6 cm³/mol. The Kier molecular flexibility index (Phi) is 5.31. The van der Waals surface area contributed by atoms with Gasteiger partial charge in [-0.1, -0.05) is 17.7 Å². The molecule has 0 aliphatic rings. The second-order valence-electron chi connectivity index (χ2n) is 5.09. The standard InChI is InChI=1S/C18H20N2O2/c1-13-4-6-17(22-3)16(12-13)14(2)20-18(21)7-5-15-8-10-19-11-9-15/h4-12,14H,1-3H3,(H,20,21)/b7-5+. The lowest BCUT2D eigenvalue weighted by Gasteiger charge is -2.17. The molecule has 0 spiro atoms. The number of benzene rings is 1. The Morgan fingerprint density at radius 3 is 2.68 bits per heavy atom. The number of carbonyl (C=O) groups excluding carboxylic acids is 1. The predicted octanol–water partition coefficient (Wildman–Crippen LogP) is 3.29. The summed E-state index contributed by atoms with van der Waals surface area (Å²) in [6, 6.07) is 9.48. The summed E-state index contributed by atoms with van der Waals surface area (Å²) in [6.07, 6.45) is 6.67. The van der Waals surface area contributed by atoms with Crippen LogP contribution in [-0.2, 0) is 4.79 Å². The molecule has 1 N–H and O–H groups in total. The zero-order chi connectivity index (χ0) is 15.9. The van der Waals surface area contributed by atoms with Crippen molar-refractivity contribution in [3.8, 4) is 5.75 Å². The van der Waals surface area contributed by atoms with Crippen molar-refractivity contribution in [3.05, 3.63) is 65.5 Å². The Hall–Kier alpha value is -2.62. The highest BCUT2D eigenvalue weighted by Gasteiger charge is 2.13. The average molecular weight is 296 g/mol. The molecule has 114 valence electrons. The van der Waals surface area contributed by atoms with Crippen LogP contribution in [0.3, 0.4) is 0 Å². The van der Waals surface area contributed by atoms with E-state index < -0.39 is 0 Å². The molecule has 2 rings (SSSR count). The molecule has 4 heteroatoms. The third-order valence-electron chi connectivity index (χ3n) is 3.34. The van der Waals surface area contributed by atoms with Crippen molar-refractivity contribution in [2.24, 2.45) is 0 Å². The number of methoxy groups -OCH3 is 1. The molecular formula is C18H20N2O2. The van der Waals surface area contributed by atoms with Crippen LogP contribution in [0.4, 0.5) is 0 Å². The second kappa shape index (κ2) is 7.41. The van der Waals surface area contributed by atoms with Crippen LogP contribution in [0.25, 0.3) is 6.08 Å². The number of nitrogens with zero attached hydrogens (tertiary/aromatic N) is 1. The van der Waals surface area contributed by atoms with E-state index in [0.29, 0.717) is 0 Å². The van der Waals surface area contributed by atoms with Gasteiger partial charge in [-0.15, -0.1) is 0 Å². The van der Waals surface area contributed by atoms with Gasteiger partial charge in [0.25, 0.3) is 0 Å². The van der Waals surface area contributed by atoms with Crippen molar-refractivity contribution in [2.45, 2.75) is 19.9 Å². The molecule has 0 aliphatic heterocycles. The molecule has 0 aliphatic carbocycles. The monoisotopic (exact) mass is 296 g/mol. The summed E-state index contributed by atoms with van der Waals surface area (Å²) in [5.74, 6) is 0.629. The molecule has 0 fully saturated rings. The lowest BCUT2D eigenvalue weighted by Crippen LogP contribution is -2.25. The van der Waals surface area contributed by atoms with E-state index in [1.807, 2.05) is 44.2 Å². The Morgan fingerprint density at radius 1 is 1.27 bits per heavy atom. The zero-order valence-electron chi connectivity index (χ0n) is 13.0. The molecule has 0 saturated heterocycles. The number of hydrogen-bond donors (Lipinski definition) is 1. The smallest absolute Gasteiger partial charge is 0.244 e. The van der Waals surface area contributed by atoms with Crippen LogP contribution in [0.1, 0.15) is 29.7 Å². The molecule has 0 radical (unpaired) electrons. The summed E-state index contributed by atoms with van der Waals surface area (Å²) in [5, 5.41) is 2.95. The first-order chi connectivity index (χ1) is 10.6. The maximum atomic E-state index is 12.0. The number of aromatic nitrogens is 1. The van der Waals surface area contributed by atoms with Gasteiger partial charge >= 0.3 is 0 Å². The Balaban J connectivity index is 2.05. The molecule has 0 bridgehead atoms. The van der Waals surface area contributed by atoms with Crippen LogP contribution in [0.5, 0.6) is 5.75 Å². The SMILES string of the molecule is COc1ccc(C)cc1C(C)NC(=O)/C=C/c1ccncc1. The minimum Gasteiger partial charge on any atom is -0.496 e. The molecule has 1 aromatic heterocycles. The maximum Gasteiger partial charge on any atom is 0.244 e. The topological polar surface area (TPSA) is 51.2 Å². The minimum atomic E-state index is -0.145. The molecule has 1 heterocycles. The van der Waals surface area contributed by atoms with Gasteiger partial charge in [0, 0.05) is 24.0 Å². The van der Waals surface area contributed by atoms with E-state index >= 15 is 0 Å². The van der Waals surface area contributed by atoms with Gasteiger partial charge in [0.05, 0.1) is 13.2 Å². The van der Waals surface area contributed by atoms with Crippen LogP contribution >= 0.6 is 0 Å². The van der Waals surface area contributed by atoms with Crippen LogP contribution < -0.4 is 10.1 Å². The number of amides is 1. The maximum absolute atomic E-state index is 12.0. The highest BCUT2D eigenvalue weighted by atomic mass is 16.5. The van der Waals surface area contributed by atoms with E-state index in [9.17, 15) is 4.79 Å². The third kappa shape index (κ3) is 4.19. The first-order valence-electron chi connectivity index (χ1n) is 7.13. The molecule has 22 heavy (non-hydrogen) atoms. The van der Waals surface area contributed by atoms with Gasteiger partial charge in [0.2, 0.25) is 5.91 Å². The van der Waals surface area contributed by atoms with Crippen LogP contribution in [0.15, 0.2) is 48.8 Å². The lowest BCUT2D eigenvalue weighted by atomic mass is 10.0. The van der Waals surface area contributed by atoms with Crippen molar-refractivity contribution >= 4 is 12.0 Å². The van der Waals surface area contributed by atoms with Crippen LogP contribution in [0.2, 0.25) is 0 Å². The molecule has 1 amide bonds. The summed E-state index contributed by atoms with van der Waals surface area (Å²) in [5.41, 5.74) is 3.03. The lowest BCUT2D eigenvalue weighted by molar-refractivity contribution is -0.117. The van der Waals surface area contributed by atoms with E-state index in [-0.39, 0.29) is 11.9 Å². The van der Waals surface area contributed by atoms with Crippen molar-refractivity contribution in [2.75, 3.05) is 7.11 Å². The van der Waals surface area contributed by atoms with Gasteiger partial charge in [-0.3, -0.25) is 9.78 Å². The zero-order valence-corrected chi connectivity index (χ0v) is 13.0. The van der Waals surface area contributed by atoms with Crippen LogP contribution in [-0.4, -0.2) is 18.0 Å². The third-order valence-corrected chi connectivity index (χ3v) is 3.34. The molecule has 1 atom stereocenters. The fourth-order valence-corrected chi connectivity index (χ4v) is 2.18. The molecule has 1 unspecified atom stereocenters. The number of ether oxygens (including phenoxy) is 1. The number of rotatable bonds is 5. The van der Waals surface area contributed by atoms with Crippen molar-refractivity contribution in [1.29, 1.82) is 0 Å². The Labute approximate surface area is 130 Å². The fraction of sp³-hybridized carbons (Fsp3) is 0.222. The van der Waals surface area contributed by atoms with Gasteiger partial charge < -0.3 is 10.1 Å². The van der Waals surface area contributed by atoms with Gasteiger partial charge in [0.15, 0.2) is 0 Å². The van der Waals surface area contributed by atoms with Crippen molar-refractivity contribution < 1.29 is 9.53 Å². The van der Waals surface area contributed by atoms with Gasteiger partial charge in [-0.25, -0.2) is 0 Å². The van der Waals surface area contributed by atoms with Crippen molar-refractivity contribution in [3.63, 3.8) is 0 Å². The summed E-state index contributed by atoms with van der Waals surface area (Å²) in [4.78, 5) is 16.0. The highest BCUT2D eigenvalue weighted by molar-refractivity contribution is 5.92. The number of hydrogen-bond acceptors (Lipinski definition) is 3. The normalized spacial score (nSPS) is 12.1. The van der Waals surface area contributed by atoms with E-state index in [1.165, 1.54) is 6.08 Å². The molecule has 0 saturated carbocycles. The van der Waals surface area contributed by atoms with Gasteiger partial charge in [-0.05, 0) is 43.7 Å². The number of pyridine rings is 1. The Morgan fingerprint density at radius 2 is 2.00 bits per heavy atom. The summed E-state index contributed by atoms with van der Waals surface area (Å²) in [7, 11) is 1.63. The van der Waals surface area contributed by atoms with Gasteiger partial charge in [0.1, 0.15) is 5.75 Å². The van der Waals surface area contributed by atoms with E-state index in [2.05, 4.69) is 10.3 Å². The van der Waals surface area contributed by atoms with Gasteiger partial charge in [-0.2, -0.15) is 0 Å². The average Bonchev–Trinajstić information content (AvgIpc) is 2.54. The number of carbonyl (C=O) groups is 1. The molecule has 1 aromatic carbocycles. The summed E-state index contributed by atoms with van der Waals surface area (Å²) >= 11 is 0. The van der Waals surface area contributed by atoms with Crippen molar-refractivity contribution in [1.82, 2.24) is 10.3 Å². The Bertz CT molecular complexity index is 666. The number of aryl methyl sites for hydroxylation is 1. The summed E-state index contributed by atoms with van der Waals surface area (Å²) < 4.78 is 5.36. The fourth-order valence-electron chi connectivity index (χ4n) is 2.18. The number of nitrogens with one attached hydrogen (secondary N) is 1. The quantitative estimate of drug-likeness (QED) is 0.861. The molecular weight excluding hydrogens is 276 g/mol. The highest BCUT2D eigenvalue weighted by Crippen LogP contribution is 2.25. The minimum absolute atomic E-state index is 0.135. The summed E-state index contributed by atoms with van der Waals surface area (Å²) in [6.45, 7) is 3.95. The first kappa shape index (κ1) is 15.8. The van der Waals surface area contributed by atoms with E-state index in [4.69, 9.17) is 4.74 Å². The molecule has 4 nitrogen and oxygen atoms in total. The van der Waals surface area contributed by atoms with Crippen LogP contribution in [0, 0.1) is 6.92 Å². The molecule has 2 aromatic rings. The van der Waals surface area contributed by atoms with E-state index in [1.54, 1.807) is 25.6 Å². The first-order valence-corrected chi connectivity index (χ1v) is 7.13. The second-order valence-corrected chi connectivity index (χ2v) is 5.09. The van der Waals surface area contributed by atoms with E-state index in [0.717, 1.165) is 22.4 Å². The largest absolute Gasteiger partial charge is 0.496 e.